The molecular formula is C17H25N3O. The molecule has 0 aromatic carbocycles. The molecule has 0 saturated heterocycles. The van der Waals surface area contributed by atoms with Crippen LogP contribution in [0.5, 0.6) is 0 Å². The molecule has 0 spiro atoms. The van der Waals surface area contributed by atoms with Crippen LogP contribution in [0.2, 0.25) is 0 Å². The van der Waals surface area contributed by atoms with Crippen molar-refractivity contribution in [3.63, 3.8) is 0 Å². The smallest absolute Gasteiger partial charge is 0.144 e. The van der Waals surface area contributed by atoms with Crippen LogP contribution >= 0.6 is 0 Å². The summed E-state index contributed by atoms with van der Waals surface area (Å²) < 4.78 is 0. The van der Waals surface area contributed by atoms with Crippen LogP contribution < -0.4 is 5.32 Å². The number of hydrogen-bond donors (Lipinski definition) is 2. The number of aromatic nitrogens is 1. The van der Waals surface area contributed by atoms with Gasteiger partial charge in [-0.3, -0.25) is 0 Å². The average Bonchev–Trinajstić information content (AvgIpc) is 2.50. The highest BCUT2D eigenvalue weighted by molar-refractivity contribution is 5.54. The highest BCUT2D eigenvalue weighted by atomic mass is 16.2. The molecule has 0 saturated carbocycles. The van der Waals surface area contributed by atoms with Crippen molar-refractivity contribution in [2.24, 2.45) is 5.41 Å². The standard InChI is InChI=1S/C17H25N3O/c1-17(2,8-5-9-21)12-19-16-14(11-18)10-13-6-3-4-7-15(13)20-16/h10,21H,3-9,12H2,1-2H3,(H,19,20). The lowest BCUT2D eigenvalue weighted by molar-refractivity contribution is 0.248. The lowest BCUT2D eigenvalue weighted by Crippen LogP contribution is -2.24. The first-order valence-electron chi connectivity index (χ1n) is 7.83. The molecule has 114 valence electrons. The Morgan fingerprint density at radius 2 is 2.14 bits per heavy atom. The summed E-state index contributed by atoms with van der Waals surface area (Å²) in [7, 11) is 0. The number of rotatable bonds is 6. The molecule has 0 aliphatic heterocycles. The van der Waals surface area contributed by atoms with E-state index < -0.39 is 0 Å². The van der Waals surface area contributed by atoms with Gasteiger partial charge < -0.3 is 10.4 Å². The van der Waals surface area contributed by atoms with Gasteiger partial charge in [0.15, 0.2) is 0 Å². The summed E-state index contributed by atoms with van der Waals surface area (Å²) in [5, 5.41) is 21.6. The Kier molecular flexibility index (Phi) is 5.19. The molecule has 1 aliphatic carbocycles. The van der Waals surface area contributed by atoms with Crippen LogP contribution in [0.25, 0.3) is 0 Å². The summed E-state index contributed by atoms with van der Waals surface area (Å²) in [5.41, 5.74) is 3.11. The fraction of sp³-hybridized carbons (Fsp3) is 0.647. The monoisotopic (exact) mass is 287 g/mol. The Morgan fingerprint density at radius 1 is 1.38 bits per heavy atom. The molecule has 1 aromatic rings. The van der Waals surface area contributed by atoms with Gasteiger partial charge in [0.25, 0.3) is 0 Å². The molecule has 1 aromatic heterocycles. The summed E-state index contributed by atoms with van der Waals surface area (Å²) in [4.78, 5) is 4.68. The summed E-state index contributed by atoms with van der Waals surface area (Å²) in [6, 6.07) is 4.26. The predicted molar refractivity (Wildman–Crippen MR) is 84.2 cm³/mol. The quantitative estimate of drug-likeness (QED) is 0.843. The predicted octanol–water partition coefficient (Wildman–Crippen LogP) is 3.04. The second-order valence-corrected chi connectivity index (χ2v) is 6.65. The van der Waals surface area contributed by atoms with Crippen LogP contribution in [-0.2, 0) is 12.8 Å². The molecule has 0 amide bonds. The van der Waals surface area contributed by atoms with Crippen LogP contribution in [-0.4, -0.2) is 23.2 Å². The van der Waals surface area contributed by atoms with Crippen LogP contribution in [0.4, 0.5) is 5.82 Å². The minimum atomic E-state index is 0.0764. The number of fused-ring (bicyclic) bond motifs is 1. The molecule has 21 heavy (non-hydrogen) atoms. The normalized spacial score (nSPS) is 14.4. The topological polar surface area (TPSA) is 68.9 Å². The molecular weight excluding hydrogens is 262 g/mol. The van der Waals surface area contributed by atoms with Crippen molar-refractivity contribution in [3.05, 3.63) is 22.9 Å². The minimum absolute atomic E-state index is 0.0764. The number of nitrogens with zero attached hydrogens (tertiary/aromatic N) is 2. The highest BCUT2D eigenvalue weighted by Crippen LogP contribution is 2.27. The Labute approximate surface area is 127 Å². The van der Waals surface area contributed by atoms with E-state index in [1.807, 2.05) is 6.07 Å². The number of anilines is 1. The molecule has 0 atom stereocenters. The van der Waals surface area contributed by atoms with Crippen LogP contribution in [0.1, 0.15) is 56.4 Å². The Hall–Kier alpha value is -1.60. The molecule has 0 bridgehead atoms. The first-order valence-corrected chi connectivity index (χ1v) is 7.83. The van der Waals surface area contributed by atoms with E-state index in [2.05, 4.69) is 30.2 Å². The fourth-order valence-corrected chi connectivity index (χ4v) is 2.82. The second-order valence-electron chi connectivity index (χ2n) is 6.65. The van der Waals surface area contributed by atoms with E-state index in [0.717, 1.165) is 43.7 Å². The molecule has 1 heterocycles. The summed E-state index contributed by atoms with van der Waals surface area (Å²) in [5.74, 6) is 0.718. The maximum absolute atomic E-state index is 9.33. The van der Waals surface area contributed by atoms with Crippen molar-refractivity contribution in [2.75, 3.05) is 18.5 Å². The van der Waals surface area contributed by atoms with Gasteiger partial charge in [-0.15, -0.1) is 0 Å². The molecule has 0 fully saturated rings. The molecule has 2 N–H and O–H groups in total. The van der Waals surface area contributed by atoms with E-state index >= 15 is 0 Å². The maximum atomic E-state index is 9.33. The van der Waals surface area contributed by atoms with Gasteiger partial charge in [0, 0.05) is 18.8 Å². The van der Waals surface area contributed by atoms with E-state index in [1.54, 1.807) is 0 Å². The van der Waals surface area contributed by atoms with E-state index in [1.165, 1.54) is 18.4 Å². The highest BCUT2D eigenvalue weighted by Gasteiger charge is 2.20. The van der Waals surface area contributed by atoms with Crippen molar-refractivity contribution in [1.82, 2.24) is 4.98 Å². The lowest BCUT2D eigenvalue weighted by Gasteiger charge is -2.26. The summed E-state index contributed by atoms with van der Waals surface area (Å²) in [6.07, 6.45) is 6.19. The van der Waals surface area contributed by atoms with Gasteiger partial charge in [-0.25, -0.2) is 4.98 Å². The van der Waals surface area contributed by atoms with Crippen LogP contribution in [0.3, 0.4) is 0 Å². The molecule has 0 unspecified atom stereocenters. The number of pyridine rings is 1. The van der Waals surface area contributed by atoms with Crippen molar-refractivity contribution >= 4 is 5.82 Å². The third-order valence-electron chi connectivity index (χ3n) is 4.17. The number of aryl methyl sites for hydroxylation is 2. The van der Waals surface area contributed by atoms with Gasteiger partial charge in [0.2, 0.25) is 0 Å². The van der Waals surface area contributed by atoms with Crippen molar-refractivity contribution in [1.29, 1.82) is 5.26 Å². The Bertz CT molecular complexity index is 532. The van der Waals surface area contributed by atoms with Gasteiger partial charge in [-0.1, -0.05) is 13.8 Å². The second kappa shape index (κ2) is 6.91. The first kappa shape index (κ1) is 15.8. The Balaban J connectivity index is 2.10. The molecule has 4 nitrogen and oxygen atoms in total. The van der Waals surface area contributed by atoms with Gasteiger partial charge >= 0.3 is 0 Å². The van der Waals surface area contributed by atoms with E-state index in [4.69, 9.17) is 5.11 Å². The van der Waals surface area contributed by atoms with Crippen molar-refractivity contribution in [3.8, 4) is 6.07 Å². The summed E-state index contributed by atoms with van der Waals surface area (Å²) in [6.45, 7) is 5.32. The number of hydrogen-bond acceptors (Lipinski definition) is 4. The zero-order valence-electron chi connectivity index (χ0n) is 13.1. The number of nitrogens with one attached hydrogen (secondary N) is 1. The van der Waals surface area contributed by atoms with E-state index in [0.29, 0.717) is 5.56 Å². The van der Waals surface area contributed by atoms with Crippen LogP contribution in [0, 0.1) is 16.7 Å². The SMILES string of the molecule is CC(C)(CCCO)CNc1nc2c(cc1C#N)CCCC2. The maximum Gasteiger partial charge on any atom is 0.144 e. The number of nitriles is 1. The third kappa shape index (κ3) is 4.18. The average molecular weight is 287 g/mol. The lowest BCUT2D eigenvalue weighted by atomic mass is 9.88. The van der Waals surface area contributed by atoms with Crippen molar-refractivity contribution in [2.45, 2.75) is 52.4 Å². The minimum Gasteiger partial charge on any atom is -0.396 e. The van der Waals surface area contributed by atoms with Crippen molar-refractivity contribution < 1.29 is 5.11 Å². The third-order valence-corrected chi connectivity index (χ3v) is 4.17. The molecule has 2 rings (SSSR count). The zero-order valence-corrected chi connectivity index (χ0v) is 13.1. The Morgan fingerprint density at radius 3 is 2.86 bits per heavy atom. The molecule has 4 heteroatoms. The van der Waals surface area contributed by atoms with E-state index in [-0.39, 0.29) is 12.0 Å². The van der Waals surface area contributed by atoms with Gasteiger partial charge in [0.05, 0.1) is 5.56 Å². The summed E-state index contributed by atoms with van der Waals surface area (Å²) >= 11 is 0. The number of aliphatic hydroxyl groups is 1. The van der Waals surface area contributed by atoms with Gasteiger partial charge in [-0.05, 0) is 55.6 Å². The van der Waals surface area contributed by atoms with E-state index in [9.17, 15) is 5.26 Å². The zero-order chi connectivity index (χ0) is 15.3. The molecule has 0 radical (unpaired) electrons. The first-order chi connectivity index (χ1) is 10.1. The van der Waals surface area contributed by atoms with Gasteiger partial charge in [0.1, 0.15) is 11.9 Å². The largest absolute Gasteiger partial charge is 0.396 e. The van der Waals surface area contributed by atoms with Gasteiger partial charge in [-0.2, -0.15) is 5.26 Å². The number of aliphatic hydroxyl groups excluding tert-OH is 1. The molecule has 1 aliphatic rings. The fourth-order valence-electron chi connectivity index (χ4n) is 2.82. The van der Waals surface area contributed by atoms with Crippen LogP contribution in [0.15, 0.2) is 6.07 Å².